The summed E-state index contributed by atoms with van der Waals surface area (Å²) in [5.41, 5.74) is 10.4. The molecular formula is C55H77FN12O8. The summed E-state index contributed by atoms with van der Waals surface area (Å²) in [4.78, 5) is 78.3. The smallest absolute Gasteiger partial charge is 0.254 e. The normalized spacial score (nSPS) is 18.6. The lowest BCUT2D eigenvalue weighted by Gasteiger charge is -2.36. The fourth-order valence-corrected chi connectivity index (χ4v) is 10.2. The van der Waals surface area contributed by atoms with Crippen molar-refractivity contribution in [2.24, 2.45) is 5.41 Å². The Morgan fingerprint density at radius 1 is 0.987 bits per heavy atom. The Kier molecular flexibility index (Phi) is 19.4. The zero-order chi connectivity index (χ0) is 54.7. The first kappa shape index (κ1) is 57.0. The molecule has 5 amide bonds. The maximum atomic E-state index is 14.7. The van der Waals surface area contributed by atoms with Gasteiger partial charge in [0, 0.05) is 63.0 Å². The van der Waals surface area contributed by atoms with Crippen molar-refractivity contribution in [1.29, 1.82) is 0 Å². The van der Waals surface area contributed by atoms with Crippen molar-refractivity contribution >= 4 is 41.0 Å². The number of hydrogen-bond acceptors (Lipinski definition) is 14. The minimum Gasteiger partial charge on any atom is -0.481 e. The number of nitrogens with one attached hydrogen (secondary N) is 5. The number of amides is 5. The number of nitrogens with two attached hydrogens (primary N) is 1. The first-order valence-corrected chi connectivity index (χ1v) is 26.4. The monoisotopic (exact) mass is 1050 g/mol. The molecule has 21 heteroatoms. The van der Waals surface area contributed by atoms with E-state index in [2.05, 4.69) is 36.5 Å². The highest BCUT2D eigenvalue weighted by Crippen LogP contribution is 2.44. The predicted octanol–water partition coefficient (Wildman–Crippen LogP) is 4.11. The highest BCUT2D eigenvalue weighted by Gasteiger charge is 2.45. The van der Waals surface area contributed by atoms with Crippen molar-refractivity contribution in [2.45, 2.75) is 116 Å². The summed E-state index contributed by atoms with van der Waals surface area (Å²) in [5.74, 6) is -1.03. The van der Waals surface area contributed by atoms with Gasteiger partial charge in [0.15, 0.2) is 0 Å². The number of methoxy groups -OCH3 is 1. The van der Waals surface area contributed by atoms with Crippen LogP contribution in [0.2, 0.25) is 0 Å². The second-order valence-electron chi connectivity index (χ2n) is 20.8. The van der Waals surface area contributed by atoms with E-state index < -0.39 is 29.4 Å². The van der Waals surface area contributed by atoms with Crippen LogP contribution in [-0.2, 0) is 41.7 Å². The summed E-state index contributed by atoms with van der Waals surface area (Å²) < 4.78 is 33.9. The molecule has 412 valence electrons. The van der Waals surface area contributed by atoms with Gasteiger partial charge in [0.05, 0.1) is 81.7 Å². The van der Waals surface area contributed by atoms with Crippen LogP contribution in [0.1, 0.15) is 106 Å². The Hall–Kier alpha value is -6.68. The second-order valence-corrected chi connectivity index (χ2v) is 20.8. The Bertz CT molecular complexity index is 2660. The third kappa shape index (κ3) is 13.6. The van der Waals surface area contributed by atoms with Crippen molar-refractivity contribution in [1.82, 2.24) is 51.1 Å². The van der Waals surface area contributed by atoms with Crippen LogP contribution in [0, 0.1) is 11.2 Å². The van der Waals surface area contributed by atoms with Gasteiger partial charge in [0.2, 0.25) is 29.5 Å². The molecule has 1 unspecified atom stereocenters. The fourth-order valence-electron chi connectivity index (χ4n) is 10.2. The minimum atomic E-state index is -0.868. The first-order chi connectivity index (χ1) is 36.4. The van der Waals surface area contributed by atoms with Crippen LogP contribution in [0.5, 0.6) is 5.88 Å². The maximum Gasteiger partial charge on any atom is 0.254 e. The van der Waals surface area contributed by atoms with E-state index in [4.69, 9.17) is 25.0 Å². The third-order valence-electron chi connectivity index (χ3n) is 14.5. The van der Waals surface area contributed by atoms with E-state index in [0.717, 1.165) is 12.0 Å². The third-order valence-corrected chi connectivity index (χ3v) is 14.5. The number of likely N-dealkylation sites (tertiary alicyclic amines) is 1. The number of carbonyl (C=O) groups excluding carboxylic acids is 5. The molecule has 5 heterocycles. The topological polar surface area (TPSA) is 240 Å². The van der Waals surface area contributed by atoms with E-state index in [-0.39, 0.29) is 93.5 Å². The molecule has 20 nitrogen and oxygen atoms in total. The molecular weight excluding hydrogens is 976 g/mol. The number of halogens is 1. The number of aromatic nitrogens is 3. The molecule has 3 aliphatic heterocycles. The molecule has 0 saturated carbocycles. The maximum absolute atomic E-state index is 14.7. The van der Waals surface area contributed by atoms with Crippen LogP contribution in [0.15, 0.2) is 60.8 Å². The van der Waals surface area contributed by atoms with Gasteiger partial charge >= 0.3 is 0 Å². The zero-order valence-electron chi connectivity index (χ0n) is 45.2. The van der Waals surface area contributed by atoms with Gasteiger partial charge in [0.1, 0.15) is 23.7 Å². The molecule has 0 spiro atoms. The number of carbonyl (C=O) groups is 5. The Balaban J connectivity index is 0.881. The van der Waals surface area contributed by atoms with Gasteiger partial charge in [-0.3, -0.25) is 24.0 Å². The van der Waals surface area contributed by atoms with Gasteiger partial charge in [0.25, 0.3) is 5.91 Å². The molecule has 2 aromatic heterocycles. The summed E-state index contributed by atoms with van der Waals surface area (Å²) in [6, 6.07) is 13.1. The van der Waals surface area contributed by atoms with Crippen molar-refractivity contribution in [3.8, 4) is 17.0 Å². The van der Waals surface area contributed by atoms with Gasteiger partial charge < -0.3 is 61.2 Å². The average Bonchev–Trinajstić information content (AvgIpc) is 4.16. The summed E-state index contributed by atoms with van der Waals surface area (Å²) in [7, 11) is 4.91. The highest BCUT2D eigenvalue weighted by atomic mass is 19.1. The molecule has 6 atom stereocenters. The number of likely N-dealkylation sites (N-methyl/N-ethyl adjacent to an activating group) is 1. The van der Waals surface area contributed by atoms with Gasteiger partial charge in [-0.25, -0.2) is 14.1 Å². The Morgan fingerprint density at radius 3 is 2.45 bits per heavy atom. The highest BCUT2D eigenvalue weighted by molar-refractivity contribution is 5.96. The molecule has 76 heavy (non-hydrogen) atoms. The van der Waals surface area contributed by atoms with E-state index in [1.807, 2.05) is 64.1 Å². The molecule has 0 aliphatic carbocycles. The minimum absolute atomic E-state index is 0.113. The molecule has 4 aromatic rings. The van der Waals surface area contributed by atoms with Crippen LogP contribution < -0.4 is 42.0 Å². The van der Waals surface area contributed by atoms with E-state index in [1.54, 1.807) is 54.9 Å². The zero-order valence-corrected chi connectivity index (χ0v) is 45.2. The largest absolute Gasteiger partial charge is 0.481 e. The lowest BCUT2D eigenvalue weighted by Crippen LogP contribution is -2.59. The average molecular weight is 1050 g/mol. The number of pyridine rings is 1. The number of anilines is 2. The fraction of sp³-hybridized carbons (Fsp3) is 0.545. The number of nitrogen functional groups attached to an aromatic ring is 1. The van der Waals surface area contributed by atoms with Crippen LogP contribution in [0.25, 0.3) is 11.1 Å². The standard InChI is InChI=1S/C55H77FN12O8/c1-9-41(35-14-11-10-12-15-35)62-51(71)45-30-38(32-67(45)53(73)48(55(3,4)5)63-50(70)34(2)58-6)59-21-25-76-27-26-75-24-19-46(69)60-20-23-68-54(74-8)47-36-28-44(49(57)61-31-36)66-22-13-16-43(66)40-29-37(56)17-18-39(40)52(72)65(7)33-42(47)64-68/h10-12,14-15,17-18,28-29,31,34,38,41,43,45,48,58-59H,9,13,16,19-27,30,32-33H2,1-8H3,(H2,57,61)(H,60,69)(H,62,71)(H,63,70)/t34-,38-,41+,43-,45-,48?/m1/s1. The summed E-state index contributed by atoms with van der Waals surface area (Å²) in [6.07, 6.45) is 4.36. The number of hydrogen-bond donors (Lipinski definition) is 6. The van der Waals surface area contributed by atoms with Crippen molar-refractivity contribution in [2.75, 3.05) is 84.4 Å². The number of ether oxygens (including phenoxy) is 3. The van der Waals surface area contributed by atoms with E-state index in [0.29, 0.717) is 90.9 Å². The van der Waals surface area contributed by atoms with E-state index in [1.165, 1.54) is 12.1 Å². The summed E-state index contributed by atoms with van der Waals surface area (Å²) in [6.45, 7) is 12.5. The SMILES string of the molecule is CC[C@H](NC(=O)[C@H]1C[C@@H](NCCOCCOCCC(=O)NCCn2nc3c(c2OC)-c2cnc(N)c(c2)N2CCC[C@@H]2c2cc(F)ccc2C(=O)N(C)C3)CN1C(=O)C(NC(=O)[C@@H](C)NC)C(C)(C)C)c1ccccc1. The van der Waals surface area contributed by atoms with Crippen LogP contribution >= 0.6 is 0 Å². The molecule has 7 N–H and O–H groups in total. The van der Waals surface area contributed by atoms with Gasteiger partial charge in [-0.15, -0.1) is 0 Å². The quantitative estimate of drug-likeness (QED) is 0.0608. The van der Waals surface area contributed by atoms with Crippen molar-refractivity contribution < 1.29 is 42.6 Å². The summed E-state index contributed by atoms with van der Waals surface area (Å²) >= 11 is 0. The number of rotatable bonds is 22. The number of fused-ring (bicyclic) bond motifs is 8. The molecule has 0 radical (unpaired) electrons. The van der Waals surface area contributed by atoms with Gasteiger partial charge in [-0.05, 0) is 80.5 Å². The number of benzene rings is 2. The predicted molar refractivity (Wildman–Crippen MR) is 287 cm³/mol. The Labute approximate surface area is 445 Å². The van der Waals surface area contributed by atoms with Crippen molar-refractivity contribution in [3.63, 3.8) is 0 Å². The summed E-state index contributed by atoms with van der Waals surface area (Å²) in [5, 5.41) is 20.3. The van der Waals surface area contributed by atoms with Crippen LogP contribution in [0.3, 0.4) is 0 Å². The van der Waals surface area contributed by atoms with Gasteiger partial charge in [-0.1, -0.05) is 58.0 Å². The van der Waals surface area contributed by atoms with Crippen LogP contribution in [-0.4, -0.2) is 152 Å². The van der Waals surface area contributed by atoms with Crippen LogP contribution in [0.4, 0.5) is 15.9 Å². The Morgan fingerprint density at radius 2 is 1.74 bits per heavy atom. The first-order valence-electron chi connectivity index (χ1n) is 26.4. The van der Waals surface area contributed by atoms with E-state index in [9.17, 15) is 28.4 Å². The van der Waals surface area contributed by atoms with E-state index >= 15 is 0 Å². The lowest BCUT2D eigenvalue weighted by molar-refractivity contribution is -0.144. The molecule has 3 aliphatic rings. The molecule has 2 aromatic carbocycles. The molecule has 7 rings (SSSR count). The van der Waals surface area contributed by atoms with Crippen molar-refractivity contribution in [3.05, 3.63) is 89.0 Å². The lowest BCUT2D eigenvalue weighted by atomic mass is 9.85. The molecule has 2 saturated heterocycles. The molecule has 2 fully saturated rings. The second kappa shape index (κ2) is 25.9. The molecule has 2 bridgehead atoms. The number of nitrogens with zero attached hydrogens (tertiary/aromatic N) is 6. The van der Waals surface area contributed by atoms with Gasteiger partial charge in [-0.2, -0.15) is 5.10 Å².